The zero-order chi connectivity index (χ0) is 13.7. The van der Waals surface area contributed by atoms with Gasteiger partial charge in [0.1, 0.15) is 0 Å². The molecule has 1 aliphatic heterocycles. The number of rotatable bonds is 4. The molecule has 1 atom stereocenters. The number of nitrogens with one attached hydrogen (secondary N) is 1. The molecule has 0 aromatic carbocycles. The fraction of sp³-hybridized carbons (Fsp3) is 0.933. The first-order valence-corrected chi connectivity index (χ1v) is 7.96. The summed E-state index contributed by atoms with van der Waals surface area (Å²) in [6.45, 7) is 8.78. The second kappa shape index (κ2) is 7.25. The van der Waals surface area contributed by atoms with Crippen LogP contribution in [-0.2, 0) is 4.79 Å². The molecule has 1 saturated heterocycles. The van der Waals surface area contributed by atoms with Gasteiger partial charge in [-0.1, -0.05) is 19.3 Å². The average molecular weight is 267 g/mol. The number of hydrogen-bond acceptors (Lipinski definition) is 3. The van der Waals surface area contributed by atoms with Crippen molar-refractivity contribution in [1.29, 1.82) is 0 Å². The fourth-order valence-corrected chi connectivity index (χ4v) is 3.47. The van der Waals surface area contributed by atoms with Crippen molar-refractivity contribution in [1.82, 2.24) is 15.1 Å². The van der Waals surface area contributed by atoms with Gasteiger partial charge in [-0.25, -0.2) is 0 Å². The molecule has 19 heavy (non-hydrogen) atoms. The summed E-state index contributed by atoms with van der Waals surface area (Å²) < 4.78 is 0. The molecule has 0 bridgehead atoms. The second-order valence-corrected chi connectivity index (χ2v) is 6.06. The molecule has 4 nitrogen and oxygen atoms in total. The third-order valence-electron chi connectivity index (χ3n) is 4.49. The van der Waals surface area contributed by atoms with E-state index in [2.05, 4.69) is 29.0 Å². The SMILES string of the molecule is CCN(C(=O)CN1CCNC(C)C1)C1CCCCC1. The molecule has 1 unspecified atom stereocenters. The van der Waals surface area contributed by atoms with Crippen LogP contribution in [0.15, 0.2) is 0 Å². The zero-order valence-corrected chi connectivity index (χ0v) is 12.5. The molecule has 2 rings (SSSR count). The molecular weight excluding hydrogens is 238 g/mol. The third-order valence-corrected chi connectivity index (χ3v) is 4.49. The molecule has 1 aliphatic carbocycles. The second-order valence-electron chi connectivity index (χ2n) is 6.06. The van der Waals surface area contributed by atoms with Crippen molar-refractivity contribution < 1.29 is 4.79 Å². The summed E-state index contributed by atoms with van der Waals surface area (Å²) in [5, 5.41) is 3.43. The summed E-state index contributed by atoms with van der Waals surface area (Å²) >= 11 is 0. The molecule has 4 heteroatoms. The Balaban J connectivity index is 1.85. The van der Waals surface area contributed by atoms with E-state index in [4.69, 9.17) is 0 Å². The highest BCUT2D eigenvalue weighted by molar-refractivity contribution is 5.78. The van der Waals surface area contributed by atoms with Gasteiger partial charge in [0, 0.05) is 38.3 Å². The highest BCUT2D eigenvalue weighted by Crippen LogP contribution is 2.22. The lowest BCUT2D eigenvalue weighted by molar-refractivity contribution is -0.135. The van der Waals surface area contributed by atoms with Crippen LogP contribution in [0, 0.1) is 0 Å². The van der Waals surface area contributed by atoms with Gasteiger partial charge in [0.2, 0.25) is 5.91 Å². The monoisotopic (exact) mass is 267 g/mol. The van der Waals surface area contributed by atoms with E-state index in [-0.39, 0.29) is 0 Å². The van der Waals surface area contributed by atoms with Crippen LogP contribution in [0.2, 0.25) is 0 Å². The number of amides is 1. The third kappa shape index (κ3) is 4.18. The zero-order valence-electron chi connectivity index (χ0n) is 12.5. The van der Waals surface area contributed by atoms with E-state index in [0.717, 1.165) is 26.2 Å². The maximum absolute atomic E-state index is 12.5. The Labute approximate surface area is 117 Å². The Morgan fingerprint density at radius 3 is 2.68 bits per heavy atom. The van der Waals surface area contributed by atoms with E-state index in [1.54, 1.807) is 0 Å². The van der Waals surface area contributed by atoms with Gasteiger partial charge >= 0.3 is 0 Å². The van der Waals surface area contributed by atoms with Crippen molar-refractivity contribution in [3.63, 3.8) is 0 Å². The summed E-state index contributed by atoms with van der Waals surface area (Å²) in [6.07, 6.45) is 6.34. The highest BCUT2D eigenvalue weighted by atomic mass is 16.2. The Morgan fingerprint density at radius 1 is 1.32 bits per heavy atom. The molecule has 2 fully saturated rings. The van der Waals surface area contributed by atoms with E-state index in [1.165, 1.54) is 32.1 Å². The van der Waals surface area contributed by atoms with Crippen LogP contribution in [0.4, 0.5) is 0 Å². The molecule has 1 N–H and O–H groups in total. The van der Waals surface area contributed by atoms with Gasteiger partial charge in [-0.2, -0.15) is 0 Å². The number of carbonyl (C=O) groups is 1. The van der Waals surface area contributed by atoms with Crippen LogP contribution >= 0.6 is 0 Å². The molecule has 0 radical (unpaired) electrons. The van der Waals surface area contributed by atoms with Gasteiger partial charge < -0.3 is 10.2 Å². The minimum Gasteiger partial charge on any atom is -0.339 e. The Morgan fingerprint density at radius 2 is 2.05 bits per heavy atom. The van der Waals surface area contributed by atoms with Crippen molar-refractivity contribution in [2.75, 3.05) is 32.7 Å². The smallest absolute Gasteiger partial charge is 0.236 e. The average Bonchev–Trinajstić information content (AvgIpc) is 2.41. The van der Waals surface area contributed by atoms with Crippen molar-refractivity contribution in [2.24, 2.45) is 0 Å². The number of likely N-dealkylation sites (N-methyl/N-ethyl adjacent to an activating group) is 1. The topological polar surface area (TPSA) is 35.6 Å². The molecule has 0 aromatic heterocycles. The summed E-state index contributed by atoms with van der Waals surface area (Å²) in [5.74, 6) is 0.337. The van der Waals surface area contributed by atoms with Crippen molar-refractivity contribution in [3.05, 3.63) is 0 Å². The van der Waals surface area contributed by atoms with Gasteiger partial charge in [0.05, 0.1) is 6.54 Å². The van der Waals surface area contributed by atoms with Crippen LogP contribution in [0.3, 0.4) is 0 Å². The minimum atomic E-state index is 0.337. The quantitative estimate of drug-likeness (QED) is 0.837. The van der Waals surface area contributed by atoms with E-state index in [9.17, 15) is 4.79 Å². The van der Waals surface area contributed by atoms with Crippen LogP contribution in [0.1, 0.15) is 46.0 Å². The van der Waals surface area contributed by atoms with E-state index in [1.807, 2.05) is 0 Å². The van der Waals surface area contributed by atoms with Crippen LogP contribution < -0.4 is 5.32 Å². The molecule has 110 valence electrons. The first-order chi connectivity index (χ1) is 9.20. The van der Waals surface area contributed by atoms with E-state index >= 15 is 0 Å². The lowest BCUT2D eigenvalue weighted by Gasteiger charge is -2.37. The molecular formula is C15H29N3O. The normalized spacial score (nSPS) is 26.3. The minimum absolute atomic E-state index is 0.337. The van der Waals surface area contributed by atoms with Crippen molar-refractivity contribution in [3.8, 4) is 0 Å². The lowest BCUT2D eigenvalue weighted by atomic mass is 9.94. The summed E-state index contributed by atoms with van der Waals surface area (Å²) in [7, 11) is 0. The summed E-state index contributed by atoms with van der Waals surface area (Å²) in [4.78, 5) is 16.9. The number of hydrogen-bond donors (Lipinski definition) is 1. The lowest BCUT2D eigenvalue weighted by Crippen LogP contribution is -2.53. The molecule has 1 heterocycles. The molecule has 0 aromatic rings. The number of nitrogens with zero attached hydrogens (tertiary/aromatic N) is 2. The molecule has 0 spiro atoms. The fourth-order valence-electron chi connectivity index (χ4n) is 3.47. The maximum atomic E-state index is 12.5. The first kappa shape index (κ1) is 14.8. The van der Waals surface area contributed by atoms with Gasteiger partial charge in [-0.15, -0.1) is 0 Å². The Kier molecular flexibility index (Phi) is 5.64. The number of carbonyl (C=O) groups excluding carboxylic acids is 1. The van der Waals surface area contributed by atoms with Crippen LogP contribution in [0.25, 0.3) is 0 Å². The number of piperazine rings is 1. The highest BCUT2D eigenvalue weighted by Gasteiger charge is 2.26. The van der Waals surface area contributed by atoms with E-state index < -0.39 is 0 Å². The van der Waals surface area contributed by atoms with Gasteiger partial charge in [0.25, 0.3) is 0 Å². The predicted octanol–water partition coefficient (Wildman–Crippen LogP) is 1.46. The van der Waals surface area contributed by atoms with Gasteiger partial charge in [-0.05, 0) is 26.7 Å². The molecule has 1 amide bonds. The molecule has 1 saturated carbocycles. The summed E-state index contributed by atoms with van der Waals surface area (Å²) in [5.41, 5.74) is 0. The van der Waals surface area contributed by atoms with Crippen molar-refractivity contribution >= 4 is 5.91 Å². The van der Waals surface area contributed by atoms with Crippen molar-refractivity contribution in [2.45, 2.75) is 58.0 Å². The first-order valence-electron chi connectivity index (χ1n) is 7.96. The Hall–Kier alpha value is -0.610. The predicted molar refractivity (Wildman–Crippen MR) is 78.2 cm³/mol. The maximum Gasteiger partial charge on any atom is 0.236 e. The summed E-state index contributed by atoms with van der Waals surface area (Å²) in [6, 6.07) is 1.01. The largest absolute Gasteiger partial charge is 0.339 e. The molecule has 2 aliphatic rings. The Bertz CT molecular complexity index is 289. The van der Waals surface area contributed by atoms with Crippen LogP contribution in [-0.4, -0.2) is 60.5 Å². The van der Waals surface area contributed by atoms with E-state index in [0.29, 0.717) is 24.5 Å². The standard InChI is InChI=1S/C15H29N3O/c1-3-18(14-7-5-4-6-8-14)15(19)12-17-10-9-16-13(2)11-17/h13-14,16H,3-12H2,1-2H3. The van der Waals surface area contributed by atoms with Gasteiger partial charge in [0.15, 0.2) is 0 Å². The van der Waals surface area contributed by atoms with Crippen LogP contribution in [0.5, 0.6) is 0 Å². The van der Waals surface area contributed by atoms with Gasteiger partial charge in [-0.3, -0.25) is 9.69 Å².